The van der Waals surface area contributed by atoms with Gasteiger partial charge >= 0.3 is 0 Å². The van der Waals surface area contributed by atoms with Crippen molar-refractivity contribution in [2.45, 2.75) is 26.3 Å². The Morgan fingerprint density at radius 2 is 1.94 bits per heavy atom. The zero-order valence-corrected chi connectivity index (χ0v) is 14.0. The van der Waals surface area contributed by atoms with Crippen molar-refractivity contribution >= 4 is 31.9 Å². The molecule has 1 fully saturated rings. The highest BCUT2D eigenvalue weighted by atomic mass is 79.9. The first-order valence-electron chi connectivity index (χ1n) is 6.34. The van der Waals surface area contributed by atoms with Gasteiger partial charge in [-0.15, -0.1) is 0 Å². The minimum atomic E-state index is 0.801. The van der Waals surface area contributed by atoms with Gasteiger partial charge in [-0.1, -0.05) is 6.92 Å². The molecular weight excluding hydrogens is 358 g/mol. The van der Waals surface area contributed by atoms with Crippen molar-refractivity contribution < 1.29 is 4.74 Å². The van der Waals surface area contributed by atoms with Crippen molar-refractivity contribution in [3.63, 3.8) is 0 Å². The summed E-state index contributed by atoms with van der Waals surface area (Å²) in [6.45, 7) is 4.34. The van der Waals surface area contributed by atoms with Crippen LogP contribution >= 0.6 is 31.9 Å². The number of ether oxygens (including phenoxy) is 1. The molecular formula is C14H19Br2NO. The molecule has 0 heterocycles. The van der Waals surface area contributed by atoms with Crippen LogP contribution in [0.4, 0.5) is 0 Å². The first kappa shape index (κ1) is 14.4. The van der Waals surface area contributed by atoms with E-state index in [-0.39, 0.29) is 0 Å². The molecule has 1 aromatic rings. The van der Waals surface area contributed by atoms with Gasteiger partial charge < -0.3 is 10.1 Å². The molecule has 4 heteroatoms. The second-order valence-corrected chi connectivity index (χ2v) is 6.75. The third kappa shape index (κ3) is 3.72. The number of rotatable bonds is 6. The monoisotopic (exact) mass is 375 g/mol. The van der Waals surface area contributed by atoms with Gasteiger partial charge in [0.15, 0.2) is 0 Å². The Morgan fingerprint density at radius 1 is 1.33 bits per heavy atom. The fraction of sp³-hybridized carbons (Fsp3) is 0.571. The van der Waals surface area contributed by atoms with Crippen LogP contribution < -0.4 is 10.1 Å². The van der Waals surface area contributed by atoms with Crippen LogP contribution in [0.1, 0.15) is 25.3 Å². The number of nitrogens with one attached hydrogen (secondary N) is 1. The predicted molar refractivity (Wildman–Crippen MR) is 82.0 cm³/mol. The van der Waals surface area contributed by atoms with E-state index in [1.807, 2.05) is 0 Å². The standard InChI is InChI=1S/C14H19Br2NO/c1-9(11-3-4-11)7-17-8-10-5-12(15)14(18-2)13(16)6-10/h5-6,9,11,17H,3-4,7-8H2,1-2H3. The van der Waals surface area contributed by atoms with Gasteiger partial charge in [0, 0.05) is 6.54 Å². The zero-order valence-electron chi connectivity index (χ0n) is 10.8. The first-order valence-corrected chi connectivity index (χ1v) is 7.93. The van der Waals surface area contributed by atoms with E-state index in [4.69, 9.17) is 4.74 Å². The highest BCUT2D eigenvalue weighted by Crippen LogP contribution is 2.36. The molecule has 2 nitrogen and oxygen atoms in total. The van der Waals surface area contributed by atoms with E-state index < -0.39 is 0 Å². The Kier molecular flexibility index (Phi) is 5.10. The lowest BCUT2D eigenvalue weighted by atomic mass is 10.1. The van der Waals surface area contributed by atoms with Crippen molar-refractivity contribution in [3.05, 3.63) is 26.6 Å². The van der Waals surface area contributed by atoms with E-state index in [1.165, 1.54) is 18.4 Å². The number of hydrogen-bond donors (Lipinski definition) is 1. The molecule has 1 N–H and O–H groups in total. The molecule has 0 aliphatic heterocycles. The maximum atomic E-state index is 5.30. The lowest BCUT2D eigenvalue weighted by molar-refractivity contribution is 0.409. The molecule has 1 aliphatic carbocycles. The minimum absolute atomic E-state index is 0.801. The smallest absolute Gasteiger partial charge is 0.147 e. The molecule has 100 valence electrons. The van der Waals surface area contributed by atoms with E-state index in [2.05, 4.69) is 56.2 Å². The lowest BCUT2D eigenvalue weighted by Crippen LogP contribution is -2.21. The Morgan fingerprint density at radius 3 is 2.44 bits per heavy atom. The van der Waals surface area contributed by atoms with Crippen molar-refractivity contribution in [1.82, 2.24) is 5.32 Å². The third-order valence-corrected chi connectivity index (χ3v) is 4.66. The quantitative estimate of drug-likeness (QED) is 0.796. The summed E-state index contributed by atoms with van der Waals surface area (Å²) in [4.78, 5) is 0. The highest BCUT2D eigenvalue weighted by Gasteiger charge is 2.27. The fourth-order valence-electron chi connectivity index (χ4n) is 2.19. The summed E-state index contributed by atoms with van der Waals surface area (Å²) in [5, 5.41) is 3.53. The van der Waals surface area contributed by atoms with Gasteiger partial charge in [0.1, 0.15) is 5.75 Å². The first-order chi connectivity index (χ1) is 8.61. The molecule has 18 heavy (non-hydrogen) atoms. The largest absolute Gasteiger partial charge is 0.494 e. The van der Waals surface area contributed by atoms with Gasteiger partial charge in [-0.05, 0) is 80.8 Å². The van der Waals surface area contributed by atoms with Crippen LogP contribution in [0.5, 0.6) is 5.75 Å². The minimum Gasteiger partial charge on any atom is -0.494 e. The summed E-state index contributed by atoms with van der Waals surface area (Å²) >= 11 is 7.06. The Bertz CT molecular complexity index is 395. The van der Waals surface area contributed by atoms with Gasteiger partial charge in [0.2, 0.25) is 0 Å². The van der Waals surface area contributed by atoms with Gasteiger partial charge in [0.05, 0.1) is 16.1 Å². The van der Waals surface area contributed by atoms with E-state index in [1.54, 1.807) is 7.11 Å². The average Bonchev–Trinajstić information content (AvgIpc) is 3.12. The SMILES string of the molecule is COc1c(Br)cc(CNCC(C)C2CC2)cc1Br. The van der Waals surface area contributed by atoms with E-state index in [0.717, 1.165) is 39.6 Å². The molecule has 1 aliphatic rings. The summed E-state index contributed by atoms with van der Waals surface area (Å²) in [6.07, 6.45) is 2.84. The number of hydrogen-bond acceptors (Lipinski definition) is 2. The molecule has 0 saturated heterocycles. The molecule has 1 aromatic carbocycles. The maximum absolute atomic E-state index is 5.30. The molecule has 2 rings (SSSR count). The molecule has 1 atom stereocenters. The molecule has 1 unspecified atom stereocenters. The van der Waals surface area contributed by atoms with E-state index in [9.17, 15) is 0 Å². The fourth-order valence-corrected chi connectivity index (χ4v) is 3.79. The molecule has 0 spiro atoms. The van der Waals surface area contributed by atoms with Crippen LogP contribution in [0, 0.1) is 11.8 Å². The zero-order chi connectivity index (χ0) is 13.1. The Labute approximate surface area is 126 Å². The Balaban J connectivity index is 1.89. The third-order valence-electron chi connectivity index (χ3n) is 3.48. The molecule has 0 bridgehead atoms. The van der Waals surface area contributed by atoms with Crippen LogP contribution in [-0.2, 0) is 6.54 Å². The number of methoxy groups -OCH3 is 1. The molecule has 0 radical (unpaired) electrons. The summed E-state index contributed by atoms with van der Waals surface area (Å²) in [7, 11) is 1.68. The summed E-state index contributed by atoms with van der Waals surface area (Å²) in [5.74, 6) is 2.62. The van der Waals surface area contributed by atoms with Crippen molar-refractivity contribution in [2.75, 3.05) is 13.7 Å². The van der Waals surface area contributed by atoms with Gasteiger partial charge in [-0.25, -0.2) is 0 Å². The second kappa shape index (κ2) is 6.40. The normalized spacial score (nSPS) is 16.7. The number of benzene rings is 1. The van der Waals surface area contributed by atoms with Crippen LogP contribution in [0.25, 0.3) is 0 Å². The van der Waals surface area contributed by atoms with Crippen molar-refractivity contribution in [1.29, 1.82) is 0 Å². The van der Waals surface area contributed by atoms with Gasteiger partial charge in [-0.3, -0.25) is 0 Å². The summed E-state index contributed by atoms with van der Waals surface area (Å²) in [5.41, 5.74) is 1.26. The van der Waals surface area contributed by atoms with Crippen LogP contribution in [-0.4, -0.2) is 13.7 Å². The van der Waals surface area contributed by atoms with Crippen LogP contribution in [0.3, 0.4) is 0 Å². The Hall–Kier alpha value is -0.0600. The number of halogens is 2. The van der Waals surface area contributed by atoms with E-state index >= 15 is 0 Å². The van der Waals surface area contributed by atoms with Crippen molar-refractivity contribution in [2.24, 2.45) is 11.8 Å². The summed E-state index contributed by atoms with van der Waals surface area (Å²) < 4.78 is 7.28. The predicted octanol–water partition coefficient (Wildman–Crippen LogP) is 4.36. The second-order valence-electron chi connectivity index (χ2n) is 5.04. The van der Waals surface area contributed by atoms with Crippen LogP contribution in [0.2, 0.25) is 0 Å². The molecule has 0 aromatic heterocycles. The van der Waals surface area contributed by atoms with Gasteiger partial charge in [0.25, 0.3) is 0 Å². The lowest BCUT2D eigenvalue weighted by Gasteiger charge is -2.13. The summed E-state index contributed by atoms with van der Waals surface area (Å²) in [6, 6.07) is 4.22. The van der Waals surface area contributed by atoms with Crippen LogP contribution in [0.15, 0.2) is 21.1 Å². The average molecular weight is 377 g/mol. The van der Waals surface area contributed by atoms with Crippen molar-refractivity contribution in [3.8, 4) is 5.75 Å². The topological polar surface area (TPSA) is 21.3 Å². The molecule has 1 saturated carbocycles. The van der Waals surface area contributed by atoms with E-state index in [0.29, 0.717) is 0 Å². The molecule has 0 amide bonds. The highest BCUT2D eigenvalue weighted by molar-refractivity contribution is 9.11. The maximum Gasteiger partial charge on any atom is 0.147 e. The van der Waals surface area contributed by atoms with Gasteiger partial charge in [-0.2, -0.15) is 0 Å².